The van der Waals surface area contributed by atoms with Crippen molar-refractivity contribution in [3.8, 4) is 5.88 Å². The number of rotatable bonds is 5. The van der Waals surface area contributed by atoms with Crippen molar-refractivity contribution in [3.63, 3.8) is 0 Å². The minimum absolute atomic E-state index is 0.0410. The average Bonchev–Trinajstić information content (AvgIpc) is 3.60. The molecule has 1 atom stereocenters. The fourth-order valence-corrected chi connectivity index (χ4v) is 6.46. The number of hydrogen-bond acceptors (Lipinski definition) is 6. The largest absolute Gasteiger partial charge is 0.481 e. The van der Waals surface area contributed by atoms with Crippen molar-refractivity contribution in [1.29, 1.82) is 0 Å². The van der Waals surface area contributed by atoms with Gasteiger partial charge in [0.1, 0.15) is 5.15 Å². The van der Waals surface area contributed by atoms with E-state index >= 15 is 0 Å². The fourth-order valence-electron chi connectivity index (χ4n) is 5.54. The first kappa shape index (κ1) is 24.1. The first-order chi connectivity index (χ1) is 16.9. The predicted octanol–water partition coefficient (Wildman–Crippen LogP) is 3.31. The van der Waals surface area contributed by atoms with Gasteiger partial charge in [0.15, 0.2) is 0 Å². The van der Waals surface area contributed by atoms with E-state index in [0.29, 0.717) is 50.6 Å². The van der Waals surface area contributed by atoms with Crippen molar-refractivity contribution in [1.82, 2.24) is 19.7 Å². The van der Waals surface area contributed by atoms with Gasteiger partial charge in [-0.15, -0.1) is 11.3 Å². The Morgan fingerprint density at radius 3 is 2.63 bits per heavy atom. The second-order valence-corrected chi connectivity index (χ2v) is 11.2. The van der Waals surface area contributed by atoms with Crippen LogP contribution < -0.4 is 4.74 Å². The topological polar surface area (TPSA) is 83.0 Å². The monoisotopic (exact) mass is 516 g/mol. The summed E-state index contributed by atoms with van der Waals surface area (Å²) >= 11 is 7.67. The Bertz CT molecular complexity index is 1120. The zero-order valence-corrected chi connectivity index (χ0v) is 21.3. The number of halogens is 1. The molecular weight excluding hydrogens is 488 g/mol. The summed E-state index contributed by atoms with van der Waals surface area (Å²) in [5.74, 6) is 0.138. The lowest BCUT2D eigenvalue weighted by Gasteiger charge is -2.39. The number of hydrogen-bond donors (Lipinski definition) is 0. The predicted molar refractivity (Wildman–Crippen MR) is 132 cm³/mol. The summed E-state index contributed by atoms with van der Waals surface area (Å²) in [7, 11) is 1.49. The summed E-state index contributed by atoms with van der Waals surface area (Å²) in [6, 6.07) is 7.18. The van der Waals surface area contributed by atoms with Gasteiger partial charge in [-0.25, -0.2) is 4.98 Å². The van der Waals surface area contributed by atoms with E-state index in [2.05, 4.69) is 4.98 Å². The molecule has 3 amide bonds. The molecule has 5 rings (SSSR count). The lowest BCUT2D eigenvalue weighted by atomic mass is 9.77. The molecule has 0 bridgehead atoms. The van der Waals surface area contributed by atoms with Crippen LogP contribution in [-0.2, 0) is 16.1 Å². The number of thiophene rings is 1. The van der Waals surface area contributed by atoms with Crippen molar-refractivity contribution in [2.24, 2.45) is 11.3 Å². The molecule has 8 nitrogen and oxygen atoms in total. The number of pyridine rings is 1. The average molecular weight is 517 g/mol. The van der Waals surface area contributed by atoms with Crippen LogP contribution in [0, 0.1) is 11.3 Å². The molecule has 0 aliphatic carbocycles. The number of nitrogens with zero attached hydrogens (tertiary/aromatic N) is 4. The highest BCUT2D eigenvalue weighted by Gasteiger charge is 2.45. The molecule has 3 saturated heterocycles. The lowest BCUT2D eigenvalue weighted by molar-refractivity contribution is -0.135. The molecule has 0 saturated carbocycles. The maximum atomic E-state index is 13.3. The molecule has 0 aromatic carbocycles. The van der Waals surface area contributed by atoms with Crippen LogP contribution in [0.25, 0.3) is 0 Å². The van der Waals surface area contributed by atoms with E-state index in [1.807, 2.05) is 32.2 Å². The molecule has 3 aliphatic rings. The van der Waals surface area contributed by atoms with Gasteiger partial charge in [-0.1, -0.05) is 17.7 Å². The number of carbonyl (C=O) groups excluding carboxylic acids is 3. The zero-order valence-electron chi connectivity index (χ0n) is 19.7. The number of likely N-dealkylation sites (tertiary alicyclic amines) is 3. The molecule has 0 N–H and O–H groups in total. The zero-order chi connectivity index (χ0) is 24.6. The third kappa shape index (κ3) is 5.02. The van der Waals surface area contributed by atoms with Crippen LogP contribution >= 0.6 is 22.9 Å². The van der Waals surface area contributed by atoms with Crippen LogP contribution in [0.3, 0.4) is 0 Å². The lowest BCUT2D eigenvalue weighted by Crippen LogP contribution is -2.45. The molecule has 2 aromatic rings. The second-order valence-electron chi connectivity index (χ2n) is 9.78. The molecule has 3 aliphatic heterocycles. The highest BCUT2D eigenvalue weighted by molar-refractivity contribution is 7.09. The van der Waals surface area contributed by atoms with Crippen LogP contribution in [0.2, 0.25) is 5.15 Å². The summed E-state index contributed by atoms with van der Waals surface area (Å²) in [5, 5.41) is 2.23. The number of aromatic nitrogens is 1. The Kier molecular flexibility index (Phi) is 6.72. The van der Waals surface area contributed by atoms with Crippen molar-refractivity contribution in [3.05, 3.63) is 45.2 Å². The van der Waals surface area contributed by atoms with Gasteiger partial charge in [-0.3, -0.25) is 14.4 Å². The first-order valence-electron chi connectivity index (χ1n) is 12.0. The molecule has 3 fully saturated rings. The Hall–Kier alpha value is -2.65. The van der Waals surface area contributed by atoms with Gasteiger partial charge in [0.05, 0.1) is 19.6 Å². The molecule has 186 valence electrons. The molecule has 1 spiro atoms. The molecule has 0 radical (unpaired) electrons. The molecule has 1 unspecified atom stereocenters. The number of ether oxygens (including phenoxy) is 1. The Labute approximate surface area is 213 Å². The smallest absolute Gasteiger partial charge is 0.254 e. The Balaban J connectivity index is 1.16. The molecule has 10 heteroatoms. The van der Waals surface area contributed by atoms with Crippen LogP contribution in [0.4, 0.5) is 0 Å². The van der Waals surface area contributed by atoms with Crippen molar-refractivity contribution < 1.29 is 19.1 Å². The maximum Gasteiger partial charge on any atom is 0.254 e. The molecular formula is C25H29ClN4O4S. The highest BCUT2D eigenvalue weighted by Crippen LogP contribution is 2.41. The molecule has 35 heavy (non-hydrogen) atoms. The van der Waals surface area contributed by atoms with Gasteiger partial charge in [0.25, 0.3) is 5.91 Å². The van der Waals surface area contributed by atoms with Gasteiger partial charge in [-0.2, -0.15) is 0 Å². The SMILES string of the molecule is COc1cc(C(=O)N2CCC3(CC2)CCN(C(=O)C2CC(=O)N(Cc4cccs4)C2)C3)cc(Cl)n1. The van der Waals surface area contributed by atoms with Crippen LogP contribution in [0.15, 0.2) is 29.6 Å². The minimum Gasteiger partial charge on any atom is -0.481 e. The first-order valence-corrected chi connectivity index (χ1v) is 13.2. The van der Waals surface area contributed by atoms with Crippen LogP contribution in [0.1, 0.15) is 40.9 Å². The summed E-state index contributed by atoms with van der Waals surface area (Å²) in [4.78, 5) is 49.6. The van der Waals surface area contributed by atoms with E-state index in [9.17, 15) is 14.4 Å². The molecule has 5 heterocycles. The van der Waals surface area contributed by atoms with Gasteiger partial charge in [-0.05, 0) is 42.2 Å². The third-order valence-electron chi connectivity index (χ3n) is 7.58. The van der Waals surface area contributed by atoms with Crippen LogP contribution in [0.5, 0.6) is 5.88 Å². The number of amides is 3. The summed E-state index contributed by atoms with van der Waals surface area (Å²) in [6.07, 6.45) is 2.95. The second kappa shape index (κ2) is 9.78. The Morgan fingerprint density at radius 2 is 1.94 bits per heavy atom. The van der Waals surface area contributed by atoms with E-state index in [1.54, 1.807) is 23.5 Å². The summed E-state index contributed by atoms with van der Waals surface area (Å²) in [6.45, 7) is 3.79. The standard InChI is InChI=1S/C25H29ClN4O4S/c1-34-21-12-17(11-20(26)27-21)23(32)28-7-4-25(5-8-28)6-9-29(16-25)24(33)18-13-22(31)30(14-18)15-19-3-2-10-35-19/h2-3,10-12,18H,4-9,13-16H2,1H3. The van der Waals surface area contributed by atoms with Gasteiger partial charge >= 0.3 is 0 Å². The summed E-state index contributed by atoms with van der Waals surface area (Å²) in [5.41, 5.74) is 0.512. The number of carbonyl (C=O) groups is 3. The minimum atomic E-state index is -0.259. The van der Waals surface area contributed by atoms with E-state index in [1.165, 1.54) is 7.11 Å². The Morgan fingerprint density at radius 1 is 1.20 bits per heavy atom. The van der Waals surface area contributed by atoms with E-state index in [-0.39, 0.29) is 34.2 Å². The van der Waals surface area contributed by atoms with Crippen molar-refractivity contribution in [2.45, 2.75) is 32.2 Å². The third-order valence-corrected chi connectivity index (χ3v) is 8.63. The van der Waals surface area contributed by atoms with E-state index in [4.69, 9.17) is 16.3 Å². The van der Waals surface area contributed by atoms with Crippen molar-refractivity contribution in [2.75, 3.05) is 39.8 Å². The number of piperidine rings is 1. The van der Waals surface area contributed by atoms with Crippen LogP contribution in [-0.4, -0.2) is 77.2 Å². The quantitative estimate of drug-likeness (QED) is 0.569. The van der Waals surface area contributed by atoms with E-state index in [0.717, 1.165) is 30.7 Å². The summed E-state index contributed by atoms with van der Waals surface area (Å²) < 4.78 is 5.14. The van der Waals surface area contributed by atoms with Crippen molar-refractivity contribution >= 4 is 40.7 Å². The normalized spacial score (nSPS) is 21.7. The van der Waals surface area contributed by atoms with Gasteiger partial charge in [0.2, 0.25) is 17.7 Å². The molecule has 2 aromatic heterocycles. The maximum absolute atomic E-state index is 13.3. The van der Waals surface area contributed by atoms with Gasteiger partial charge < -0.3 is 19.4 Å². The van der Waals surface area contributed by atoms with Gasteiger partial charge in [0, 0.05) is 55.7 Å². The number of methoxy groups -OCH3 is 1. The highest BCUT2D eigenvalue weighted by atomic mass is 35.5. The van der Waals surface area contributed by atoms with E-state index < -0.39 is 0 Å². The fraction of sp³-hybridized carbons (Fsp3) is 0.520.